The zero-order chi connectivity index (χ0) is 20.8. The van der Waals surface area contributed by atoms with Crippen molar-refractivity contribution in [3.8, 4) is 5.75 Å². The van der Waals surface area contributed by atoms with Crippen LogP contribution in [0.2, 0.25) is 0 Å². The van der Waals surface area contributed by atoms with Crippen LogP contribution in [0.15, 0.2) is 18.2 Å². The van der Waals surface area contributed by atoms with Gasteiger partial charge in [0.25, 0.3) is 0 Å². The van der Waals surface area contributed by atoms with Crippen molar-refractivity contribution < 1.29 is 33.7 Å². The van der Waals surface area contributed by atoms with E-state index >= 15 is 0 Å². The number of esters is 3. The summed E-state index contributed by atoms with van der Waals surface area (Å²) in [5.41, 5.74) is 6.46. The van der Waals surface area contributed by atoms with Crippen molar-refractivity contribution in [1.82, 2.24) is 0 Å². The molecule has 0 unspecified atom stereocenters. The number of anilines is 1. The second-order valence-corrected chi connectivity index (χ2v) is 6.69. The highest BCUT2D eigenvalue weighted by molar-refractivity contribution is 7.18. The van der Waals surface area contributed by atoms with Crippen LogP contribution in [0.4, 0.5) is 5.00 Å². The molecule has 0 saturated heterocycles. The molecule has 3 N–H and O–H groups in total. The fraction of sp³-hybridized carbons (Fsp3) is 0.316. The van der Waals surface area contributed by atoms with Crippen molar-refractivity contribution >= 4 is 34.2 Å². The molecule has 8 nitrogen and oxygen atoms in total. The molecule has 0 radical (unpaired) electrons. The molecule has 1 heterocycles. The molecule has 0 aliphatic heterocycles. The van der Waals surface area contributed by atoms with Crippen LogP contribution in [-0.4, -0.2) is 36.2 Å². The monoisotopic (exact) mass is 407 g/mol. The highest BCUT2D eigenvalue weighted by atomic mass is 32.1. The predicted octanol–water partition coefficient (Wildman–Crippen LogP) is 3.05. The largest absolute Gasteiger partial charge is 0.507 e. The smallest absolute Gasteiger partial charge is 0.348 e. The van der Waals surface area contributed by atoms with Crippen molar-refractivity contribution in [2.75, 3.05) is 18.9 Å². The number of benzene rings is 1. The van der Waals surface area contributed by atoms with E-state index in [0.717, 1.165) is 11.3 Å². The van der Waals surface area contributed by atoms with E-state index < -0.39 is 24.5 Å². The third-order valence-electron chi connectivity index (χ3n) is 3.78. The summed E-state index contributed by atoms with van der Waals surface area (Å²) >= 11 is 0.858. The van der Waals surface area contributed by atoms with Crippen LogP contribution in [0.3, 0.4) is 0 Å². The molecule has 2 aromatic rings. The number of thiophene rings is 1. The van der Waals surface area contributed by atoms with E-state index in [9.17, 15) is 19.5 Å². The summed E-state index contributed by atoms with van der Waals surface area (Å²) in [5, 5.41) is 10.1. The van der Waals surface area contributed by atoms with Gasteiger partial charge in [0.05, 0.1) is 13.2 Å². The number of nitrogens with two attached hydrogens (primary N) is 1. The highest BCUT2D eigenvalue weighted by Gasteiger charge is 2.29. The summed E-state index contributed by atoms with van der Waals surface area (Å²) in [6, 6.07) is 4.65. The Balaban J connectivity index is 2.36. The third-order valence-corrected chi connectivity index (χ3v) is 4.82. The Hall–Kier alpha value is -3.07. The Bertz CT molecular complexity index is 904. The number of para-hydroxylation sites is 1. The molecular weight excluding hydrogens is 386 g/mol. The number of aryl methyl sites for hydroxylation is 1. The number of hydrogen-bond donors (Lipinski definition) is 2. The van der Waals surface area contributed by atoms with E-state index in [2.05, 4.69) is 0 Å². The molecule has 0 fully saturated rings. The van der Waals surface area contributed by atoms with Crippen molar-refractivity contribution in [2.45, 2.75) is 27.4 Å². The Morgan fingerprint density at radius 3 is 2.32 bits per heavy atom. The first-order chi connectivity index (χ1) is 13.3. The molecule has 0 spiro atoms. The van der Waals surface area contributed by atoms with Gasteiger partial charge >= 0.3 is 17.9 Å². The van der Waals surface area contributed by atoms with Gasteiger partial charge in [-0.05, 0) is 32.4 Å². The Morgan fingerprint density at radius 1 is 1.04 bits per heavy atom. The normalized spacial score (nSPS) is 10.4. The second kappa shape index (κ2) is 9.23. The fourth-order valence-corrected chi connectivity index (χ4v) is 3.41. The average molecular weight is 407 g/mol. The van der Waals surface area contributed by atoms with Crippen LogP contribution in [0.1, 0.15) is 55.4 Å². The van der Waals surface area contributed by atoms with Gasteiger partial charge in [-0.25, -0.2) is 14.4 Å². The van der Waals surface area contributed by atoms with Gasteiger partial charge in [-0.15, -0.1) is 11.3 Å². The van der Waals surface area contributed by atoms with Crippen LogP contribution in [0.25, 0.3) is 0 Å². The second-order valence-electron chi connectivity index (χ2n) is 5.64. The van der Waals surface area contributed by atoms with E-state index in [0.29, 0.717) is 5.56 Å². The summed E-state index contributed by atoms with van der Waals surface area (Å²) in [6.07, 6.45) is 0. The topological polar surface area (TPSA) is 125 Å². The lowest BCUT2D eigenvalue weighted by molar-refractivity contribution is 0.0435. The lowest BCUT2D eigenvalue weighted by Crippen LogP contribution is -2.14. The molecule has 2 rings (SSSR count). The molecule has 28 heavy (non-hydrogen) atoms. The maximum Gasteiger partial charge on any atom is 0.348 e. The zero-order valence-electron chi connectivity index (χ0n) is 15.7. The summed E-state index contributed by atoms with van der Waals surface area (Å²) < 4.78 is 15.2. The first-order valence-electron chi connectivity index (χ1n) is 8.52. The SMILES string of the molecule is CCOC(=O)c1sc(N)c(C(=O)OCC)c1COC(=O)c1cccc(C)c1O. The molecule has 0 aliphatic rings. The molecule has 0 saturated carbocycles. The van der Waals surface area contributed by atoms with Crippen molar-refractivity contribution in [2.24, 2.45) is 0 Å². The van der Waals surface area contributed by atoms with Gasteiger partial charge in [0, 0.05) is 5.56 Å². The molecule has 0 bridgehead atoms. The minimum atomic E-state index is -0.810. The minimum absolute atomic E-state index is 0.0291. The standard InChI is InChI=1S/C19H21NO7S/c1-4-25-18(23)13-12(15(28-16(13)20)19(24)26-5-2)9-27-17(22)11-8-6-7-10(3)14(11)21/h6-8,21H,4-5,9,20H2,1-3H3. The zero-order valence-corrected chi connectivity index (χ0v) is 16.6. The first kappa shape index (κ1) is 21.2. The number of nitrogen functional groups attached to an aromatic ring is 1. The van der Waals surface area contributed by atoms with Gasteiger partial charge in [-0.2, -0.15) is 0 Å². The lowest BCUT2D eigenvalue weighted by atomic mass is 10.1. The van der Waals surface area contributed by atoms with Crippen molar-refractivity contribution in [3.05, 3.63) is 45.3 Å². The fourth-order valence-electron chi connectivity index (χ4n) is 2.45. The summed E-state index contributed by atoms with van der Waals surface area (Å²) in [7, 11) is 0. The van der Waals surface area contributed by atoms with Gasteiger partial charge in [-0.3, -0.25) is 0 Å². The Morgan fingerprint density at radius 2 is 1.68 bits per heavy atom. The number of phenols is 1. The van der Waals surface area contributed by atoms with Crippen LogP contribution in [0.5, 0.6) is 5.75 Å². The van der Waals surface area contributed by atoms with Gasteiger partial charge < -0.3 is 25.1 Å². The van der Waals surface area contributed by atoms with Gasteiger partial charge in [-0.1, -0.05) is 12.1 Å². The van der Waals surface area contributed by atoms with E-state index in [4.69, 9.17) is 19.9 Å². The Kier molecular flexibility index (Phi) is 7.00. The van der Waals surface area contributed by atoms with Crippen LogP contribution < -0.4 is 5.73 Å². The molecule has 0 atom stereocenters. The molecule has 9 heteroatoms. The third kappa shape index (κ3) is 4.42. The van der Waals surface area contributed by atoms with Gasteiger partial charge in [0.2, 0.25) is 0 Å². The number of hydrogen-bond acceptors (Lipinski definition) is 9. The minimum Gasteiger partial charge on any atom is -0.507 e. The van der Waals surface area contributed by atoms with E-state index in [1.165, 1.54) is 6.07 Å². The number of rotatable bonds is 7. The van der Waals surface area contributed by atoms with E-state index in [-0.39, 0.29) is 45.5 Å². The van der Waals surface area contributed by atoms with E-state index in [1.807, 2.05) is 0 Å². The molecule has 1 aromatic heterocycles. The number of aromatic hydroxyl groups is 1. The van der Waals surface area contributed by atoms with Crippen LogP contribution in [-0.2, 0) is 20.8 Å². The molecular formula is C19H21NO7S. The maximum atomic E-state index is 12.4. The molecule has 0 amide bonds. The van der Waals surface area contributed by atoms with Gasteiger partial charge in [0.1, 0.15) is 33.4 Å². The number of phenolic OH excluding ortho intramolecular Hbond substituents is 1. The number of carbonyl (C=O) groups is 3. The summed E-state index contributed by atoms with van der Waals surface area (Å²) in [4.78, 5) is 36.9. The van der Waals surface area contributed by atoms with Crippen molar-refractivity contribution in [3.63, 3.8) is 0 Å². The lowest BCUT2D eigenvalue weighted by Gasteiger charge is -2.10. The predicted molar refractivity (Wildman–Crippen MR) is 103 cm³/mol. The maximum absolute atomic E-state index is 12.4. The quantitative estimate of drug-likeness (QED) is 0.530. The molecule has 1 aromatic carbocycles. The Labute approximate surface area is 165 Å². The highest BCUT2D eigenvalue weighted by Crippen LogP contribution is 2.33. The van der Waals surface area contributed by atoms with Crippen LogP contribution >= 0.6 is 11.3 Å². The first-order valence-corrected chi connectivity index (χ1v) is 9.34. The average Bonchev–Trinajstić information content (AvgIpc) is 2.98. The number of carbonyl (C=O) groups excluding carboxylic acids is 3. The molecule has 0 aliphatic carbocycles. The van der Waals surface area contributed by atoms with Crippen LogP contribution in [0, 0.1) is 6.92 Å². The summed E-state index contributed by atoms with van der Waals surface area (Å²) in [6.45, 7) is 4.74. The van der Waals surface area contributed by atoms with Crippen molar-refractivity contribution in [1.29, 1.82) is 0 Å². The van der Waals surface area contributed by atoms with Gasteiger partial charge in [0.15, 0.2) is 0 Å². The van der Waals surface area contributed by atoms with E-state index in [1.54, 1.807) is 32.9 Å². The molecule has 150 valence electrons. The number of ether oxygens (including phenoxy) is 3. The summed E-state index contributed by atoms with van der Waals surface area (Å²) in [5.74, 6) is -2.42.